The van der Waals surface area contributed by atoms with Gasteiger partial charge >= 0.3 is 5.97 Å². The molecule has 0 saturated carbocycles. The van der Waals surface area contributed by atoms with E-state index in [4.69, 9.17) is 21.4 Å². The van der Waals surface area contributed by atoms with Crippen molar-refractivity contribution in [2.24, 2.45) is 5.92 Å². The second kappa shape index (κ2) is 5.89. The van der Waals surface area contributed by atoms with Gasteiger partial charge < -0.3 is 15.2 Å². The Hall–Kier alpha value is -1.26. The Balaban J connectivity index is 3.18. The zero-order valence-electron chi connectivity index (χ0n) is 10.0. The van der Waals surface area contributed by atoms with Crippen LogP contribution in [0.2, 0.25) is 5.02 Å². The number of hydrogen-bond acceptors (Lipinski definition) is 3. The Labute approximate surface area is 106 Å². The first-order valence-electron chi connectivity index (χ1n) is 5.24. The van der Waals surface area contributed by atoms with Crippen LogP contribution in [-0.2, 0) is 4.79 Å². The molecule has 0 fully saturated rings. The molecule has 17 heavy (non-hydrogen) atoms. The zero-order chi connectivity index (χ0) is 13.0. The quantitative estimate of drug-likeness (QED) is 0.850. The van der Waals surface area contributed by atoms with Gasteiger partial charge in [-0.1, -0.05) is 18.5 Å². The van der Waals surface area contributed by atoms with Crippen molar-refractivity contribution in [3.63, 3.8) is 0 Å². The van der Waals surface area contributed by atoms with E-state index in [0.717, 1.165) is 5.56 Å². The maximum absolute atomic E-state index is 11.0. The highest BCUT2D eigenvalue weighted by molar-refractivity contribution is 6.30. The predicted octanol–water partition coefficient (Wildman–Crippen LogP) is 2.33. The number of carboxylic acids is 1. The molecule has 0 saturated heterocycles. The van der Waals surface area contributed by atoms with Gasteiger partial charge in [0.05, 0.1) is 13.0 Å². The highest BCUT2D eigenvalue weighted by Gasteiger charge is 2.26. The molecule has 0 aliphatic heterocycles. The summed E-state index contributed by atoms with van der Waals surface area (Å²) < 4.78 is 5.22. The molecule has 0 radical (unpaired) electrons. The SMILES string of the molecule is CNC(c1cc(Cl)ccc1OC)C(C)C(=O)O. The van der Waals surface area contributed by atoms with Crippen molar-refractivity contribution in [3.8, 4) is 5.75 Å². The van der Waals surface area contributed by atoms with Crippen LogP contribution < -0.4 is 10.1 Å². The second-order valence-corrected chi connectivity index (χ2v) is 4.22. The molecule has 1 aromatic rings. The van der Waals surface area contributed by atoms with Gasteiger partial charge in [0.1, 0.15) is 5.75 Å². The summed E-state index contributed by atoms with van der Waals surface area (Å²) >= 11 is 5.93. The number of ether oxygens (including phenoxy) is 1. The van der Waals surface area contributed by atoms with Crippen molar-refractivity contribution in [1.82, 2.24) is 5.32 Å². The maximum atomic E-state index is 11.0. The minimum Gasteiger partial charge on any atom is -0.496 e. The number of carbonyl (C=O) groups is 1. The first-order valence-corrected chi connectivity index (χ1v) is 5.62. The van der Waals surface area contributed by atoms with E-state index in [9.17, 15) is 4.79 Å². The van der Waals surface area contributed by atoms with E-state index in [1.807, 2.05) is 0 Å². The average Bonchev–Trinajstić information content (AvgIpc) is 2.30. The number of nitrogens with one attached hydrogen (secondary N) is 1. The molecule has 0 aliphatic carbocycles. The molecule has 0 spiro atoms. The van der Waals surface area contributed by atoms with E-state index in [0.29, 0.717) is 10.8 Å². The Kier molecular flexibility index (Phi) is 4.78. The lowest BCUT2D eigenvalue weighted by atomic mass is 9.94. The Morgan fingerprint density at radius 1 is 1.53 bits per heavy atom. The lowest BCUT2D eigenvalue weighted by molar-refractivity contribution is -0.142. The van der Waals surface area contributed by atoms with E-state index in [1.54, 1.807) is 39.3 Å². The fourth-order valence-electron chi connectivity index (χ4n) is 1.77. The first kappa shape index (κ1) is 13.8. The van der Waals surface area contributed by atoms with Crippen molar-refractivity contribution >= 4 is 17.6 Å². The van der Waals surface area contributed by atoms with Crippen molar-refractivity contribution in [2.75, 3.05) is 14.2 Å². The summed E-state index contributed by atoms with van der Waals surface area (Å²) in [5.41, 5.74) is 0.748. The van der Waals surface area contributed by atoms with Gasteiger partial charge in [0.2, 0.25) is 0 Å². The number of hydrogen-bond donors (Lipinski definition) is 2. The minimum atomic E-state index is -0.869. The molecule has 0 amide bonds. The van der Waals surface area contributed by atoms with Crippen LogP contribution in [0.4, 0.5) is 0 Å². The summed E-state index contributed by atoms with van der Waals surface area (Å²) in [6, 6.07) is 4.82. The highest BCUT2D eigenvalue weighted by Crippen LogP contribution is 2.32. The van der Waals surface area contributed by atoms with Gasteiger partial charge in [-0.3, -0.25) is 4.79 Å². The van der Waals surface area contributed by atoms with Gasteiger partial charge in [-0.15, -0.1) is 0 Å². The van der Waals surface area contributed by atoms with Crippen LogP contribution in [0.1, 0.15) is 18.5 Å². The number of rotatable bonds is 5. The maximum Gasteiger partial charge on any atom is 0.308 e. The van der Waals surface area contributed by atoms with E-state index in [-0.39, 0.29) is 6.04 Å². The fourth-order valence-corrected chi connectivity index (χ4v) is 1.95. The molecular weight excluding hydrogens is 242 g/mol. The molecule has 2 atom stereocenters. The van der Waals surface area contributed by atoms with E-state index in [1.165, 1.54) is 0 Å². The number of aliphatic carboxylic acids is 1. The molecule has 0 aromatic heterocycles. The van der Waals surface area contributed by atoms with Crippen LogP contribution in [0.5, 0.6) is 5.75 Å². The third kappa shape index (κ3) is 3.11. The van der Waals surface area contributed by atoms with Crippen LogP contribution in [-0.4, -0.2) is 25.2 Å². The molecule has 2 N–H and O–H groups in total. The van der Waals surface area contributed by atoms with Crippen LogP contribution in [0, 0.1) is 5.92 Å². The molecule has 2 unspecified atom stereocenters. The van der Waals surface area contributed by atoms with Gasteiger partial charge in [-0.25, -0.2) is 0 Å². The predicted molar refractivity (Wildman–Crippen MR) is 66.6 cm³/mol. The first-order chi connectivity index (χ1) is 8.01. The molecule has 4 nitrogen and oxygen atoms in total. The van der Waals surface area contributed by atoms with Crippen molar-refractivity contribution < 1.29 is 14.6 Å². The standard InChI is InChI=1S/C12H16ClNO3/c1-7(12(15)16)11(14-2)9-6-8(13)4-5-10(9)17-3/h4-7,11,14H,1-3H3,(H,15,16). The van der Waals surface area contributed by atoms with Crippen LogP contribution in [0.3, 0.4) is 0 Å². The van der Waals surface area contributed by atoms with E-state index >= 15 is 0 Å². The smallest absolute Gasteiger partial charge is 0.308 e. The van der Waals surface area contributed by atoms with Gasteiger partial charge in [0.25, 0.3) is 0 Å². The Bertz CT molecular complexity index is 409. The normalized spacial score (nSPS) is 14.1. The van der Waals surface area contributed by atoms with Crippen LogP contribution in [0.15, 0.2) is 18.2 Å². The van der Waals surface area contributed by atoms with Gasteiger partial charge in [0.15, 0.2) is 0 Å². The molecular formula is C12H16ClNO3. The zero-order valence-corrected chi connectivity index (χ0v) is 10.8. The van der Waals surface area contributed by atoms with Gasteiger partial charge in [-0.2, -0.15) is 0 Å². The minimum absolute atomic E-state index is 0.346. The summed E-state index contributed by atoms with van der Waals surface area (Å²) in [7, 11) is 3.26. The highest BCUT2D eigenvalue weighted by atomic mass is 35.5. The van der Waals surface area contributed by atoms with Crippen molar-refractivity contribution in [3.05, 3.63) is 28.8 Å². The average molecular weight is 258 g/mol. The molecule has 1 rings (SSSR count). The van der Waals surface area contributed by atoms with E-state index < -0.39 is 11.9 Å². The van der Waals surface area contributed by atoms with Gasteiger partial charge in [0, 0.05) is 16.6 Å². The lowest BCUT2D eigenvalue weighted by Crippen LogP contribution is -2.29. The third-order valence-electron chi connectivity index (χ3n) is 2.73. The summed E-state index contributed by atoms with van der Waals surface area (Å²) in [6.45, 7) is 1.64. The molecule has 5 heteroatoms. The fraction of sp³-hybridized carbons (Fsp3) is 0.417. The second-order valence-electron chi connectivity index (χ2n) is 3.78. The molecule has 0 aliphatic rings. The number of methoxy groups -OCH3 is 1. The third-order valence-corrected chi connectivity index (χ3v) is 2.96. The summed E-state index contributed by atoms with van der Waals surface area (Å²) in [6.07, 6.45) is 0. The van der Waals surface area contributed by atoms with Crippen LogP contribution >= 0.6 is 11.6 Å². The van der Waals surface area contributed by atoms with Gasteiger partial charge in [-0.05, 0) is 25.2 Å². The molecule has 1 aromatic carbocycles. The summed E-state index contributed by atoms with van der Waals surface area (Å²) in [4.78, 5) is 11.0. The monoisotopic (exact) mass is 257 g/mol. The summed E-state index contributed by atoms with van der Waals surface area (Å²) in [5.74, 6) is -0.819. The Morgan fingerprint density at radius 2 is 2.18 bits per heavy atom. The molecule has 0 bridgehead atoms. The topological polar surface area (TPSA) is 58.6 Å². The summed E-state index contributed by atoms with van der Waals surface area (Å²) in [5, 5.41) is 12.6. The number of benzene rings is 1. The van der Waals surface area contributed by atoms with Crippen LogP contribution in [0.25, 0.3) is 0 Å². The molecule has 0 heterocycles. The number of carboxylic acid groups (broad SMARTS) is 1. The van der Waals surface area contributed by atoms with Crippen molar-refractivity contribution in [1.29, 1.82) is 0 Å². The Morgan fingerprint density at radius 3 is 2.65 bits per heavy atom. The van der Waals surface area contributed by atoms with E-state index in [2.05, 4.69) is 5.32 Å². The van der Waals surface area contributed by atoms with Crippen molar-refractivity contribution in [2.45, 2.75) is 13.0 Å². The molecule has 94 valence electrons. The lowest BCUT2D eigenvalue weighted by Gasteiger charge is -2.23. The number of halogens is 1. The largest absolute Gasteiger partial charge is 0.496 e.